The Hall–Kier alpha value is -2.66. The number of nitrogens with zero attached hydrogens (tertiary/aromatic N) is 4. The van der Waals surface area contributed by atoms with E-state index < -0.39 is 17.8 Å². The van der Waals surface area contributed by atoms with Crippen molar-refractivity contribution in [2.45, 2.75) is 38.0 Å². The quantitative estimate of drug-likeness (QED) is 0.284. The van der Waals surface area contributed by atoms with Gasteiger partial charge in [0, 0.05) is 37.0 Å². The highest BCUT2D eigenvalue weighted by Gasteiger charge is 2.45. The third-order valence-corrected chi connectivity index (χ3v) is 5.51. The van der Waals surface area contributed by atoms with Crippen LogP contribution in [0.4, 0.5) is 13.9 Å². The Morgan fingerprint density at radius 3 is 2.62 bits per heavy atom. The molecule has 0 radical (unpaired) electrons. The number of alkyl halides is 2. The van der Waals surface area contributed by atoms with Gasteiger partial charge in [0.15, 0.2) is 5.84 Å². The number of hydrogen-bond acceptors (Lipinski definition) is 7. The van der Waals surface area contributed by atoms with Crippen LogP contribution in [0.5, 0.6) is 0 Å². The molecule has 1 heterocycles. The normalized spacial score (nSPS) is 19.8. The lowest BCUT2D eigenvalue weighted by atomic mass is 9.83. The number of aryl methyl sites for hydroxylation is 1. The summed E-state index contributed by atoms with van der Waals surface area (Å²) in [6.45, 7) is 1.71. The lowest BCUT2D eigenvalue weighted by Gasteiger charge is -2.23. The summed E-state index contributed by atoms with van der Waals surface area (Å²) in [5.74, 6) is 1.86. The van der Waals surface area contributed by atoms with Crippen molar-refractivity contribution in [3.8, 4) is 0 Å². The number of aromatic nitrogens is 2. The standard InChI is InChI=1S/C18H23F2N7OS/c1-10-23-17(29-26-10)24-16(28)14(13-7-8-18(19,20)9-13)11-3-5-12(6-4-11)15(21)25-27(2)22/h3-6,13-14H,7-9,22H2,1-2H3,(H2,21,25)(H,23,24,26,28). The predicted molar refractivity (Wildman–Crippen MR) is 107 cm³/mol. The first-order valence-electron chi connectivity index (χ1n) is 9.06. The maximum atomic E-state index is 13.9. The summed E-state index contributed by atoms with van der Waals surface area (Å²) in [6, 6.07) is 6.81. The van der Waals surface area contributed by atoms with E-state index in [0.717, 1.165) is 16.7 Å². The van der Waals surface area contributed by atoms with Crippen LogP contribution < -0.4 is 16.9 Å². The molecule has 0 aliphatic heterocycles. The van der Waals surface area contributed by atoms with E-state index in [9.17, 15) is 13.6 Å². The maximum Gasteiger partial charge on any atom is 0.248 e. The Bertz CT molecular complexity index is 898. The van der Waals surface area contributed by atoms with Gasteiger partial charge in [0.25, 0.3) is 0 Å². The van der Waals surface area contributed by atoms with E-state index in [1.807, 2.05) is 0 Å². The summed E-state index contributed by atoms with van der Waals surface area (Å²) in [7, 11) is 1.54. The van der Waals surface area contributed by atoms with E-state index in [0.29, 0.717) is 22.1 Å². The number of hydrogen-bond donors (Lipinski definition) is 3. The number of amides is 1. The molecule has 11 heteroatoms. The van der Waals surface area contributed by atoms with Crippen LogP contribution >= 0.6 is 11.5 Å². The van der Waals surface area contributed by atoms with Crippen molar-refractivity contribution in [1.82, 2.24) is 14.5 Å². The average molecular weight is 423 g/mol. The molecule has 1 aliphatic rings. The van der Waals surface area contributed by atoms with Gasteiger partial charge >= 0.3 is 0 Å². The van der Waals surface area contributed by atoms with Crippen LogP contribution in [0.2, 0.25) is 0 Å². The lowest BCUT2D eigenvalue weighted by Crippen LogP contribution is -2.28. The molecule has 1 aromatic heterocycles. The zero-order valence-electron chi connectivity index (χ0n) is 16.1. The van der Waals surface area contributed by atoms with Crippen molar-refractivity contribution < 1.29 is 13.6 Å². The second-order valence-electron chi connectivity index (χ2n) is 7.15. The molecular formula is C18H23F2N7OS. The minimum Gasteiger partial charge on any atom is -0.382 e. The van der Waals surface area contributed by atoms with E-state index in [1.165, 1.54) is 7.05 Å². The minimum absolute atomic E-state index is 0.208. The number of carbonyl (C=O) groups is 1. The van der Waals surface area contributed by atoms with Gasteiger partial charge in [0.1, 0.15) is 5.82 Å². The van der Waals surface area contributed by atoms with Gasteiger partial charge in [-0.25, -0.2) is 24.7 Å². The van der Waals surface area contributed by atoms with Gasteiger partial charge in [-0.1, -0.05) is 24.3 Å². The zero-order valence-corrected chi connectivity index (χ0v) is 16.9. The Morgan fingerprint density at radius 2 is 2.10 bits per heavy atom. The van der Waals surface area contributed by atoms with Crippen LogP contribution in [0.1, 0.15) is 42.1 Å². The lowest BCUT2D eigenvalue weighted by molar-refractivity contribution is -0.118. The second kappa shape index (κ2) is 8.37. The number of nitrogens with one attached hydrogen (secondary N) is 1. The van der Waals surface area contributed by atoms with Gasteiger partial charge in [-0.15, -0.1) is 5.10 Å². The molecule has 0 bridgehead atoms. The number of halogens is 2. The first kappa shape index (κ1) is 21.1. The Balaban J connectivity index is 1.87. The number of hydrazone groups is 1. The van der Waals surface area contributed by atoms with Crippen LogP contribution in [0.25, 0.3) is 0 Å². The van der Waals surface area contributed by atoms with E-state index in [4.69, 9.17) is 11.6 Å². The summed E-state index contributed by atoms with van der Waals surface area (Å²) in [4.78, 5) is 17.1. The summed E-state index contributed by atoms with van der Waals surface area (Å²) >= 11 is 1.05. The summed E-state index contributed by atoms with van der Waals surface area (Å²) < 4.78 is 31.7. The van der Waals surface area contributed by atoms with Gasteiger partial charge in [-0.2, -0.15) is 4.37 Å². The molecule has 1 fully saturated rings. The topological polar surface area (TPSA) is 123 Å². The highest BCUT2D eigenvalue weighted by atomic mass is 32.1. The molecule has 1 saturated carbocycles. The smallest absolute Gasteiger partial charge is 0.248 e. The van der Waals surface area contributed by atoms with Crippen LogP contribution in [0.3, 0.4) is 0 Å². The number of carbonyl (C=O) groups excluding carboxylic acids is 1. The van der Waals surface area contributed by atoms with Crippen LogP contribution in [0.15, 0.2) is 29.4 Å². The van der Waals surface area contributed by atoms with Gasteiger partial charge in [0.05, 0.1) is 5.92 Å². The van der Waals surface area contributed by atoms with Gasteiger partial charge in [-0.05, 0) is 24.8 Å². The monoisotopic (exact) mass is 423 g/mol. The first-order chi connectivity index (χ1) is 13.6. The van der Waals surface area contributed by atoms with Crippen LogP contribution in [0, 0.1) is 12.8 Å². The van der Waals surface area contributed by atoms with Gasteiger partial charge in [0.2, 0.25) is 17.0 Å². The summed E-state index contributed by atoms with van der Waals surface area (Å²) in [6.07, 6.45) is -0.285. The molecule has 2 unspecified atom stereocenters. The molecule has 29 heavy (non-hydrogen) atoms. The molecule has 3 rings (SSSR count). The van der Waals surface area contributed by atoms with Crippen LogP contribution in [-0.2, 0) is 4.79 Å². The van der Waals surface area contributed by atoms with E-state index >= 15 is 0 Å². The number of anilines is 1. The molecule has 1 amide bonds. The molecule has 2 atom stereocenters. The number of benzene rings is 1. The fourth-order valence-electron chi connectivity index (χ4n) is 3.53. The SMILES string of the molecule is Cc1nsc(NC(=O)C(c2ccc(/C(N)=N/N(C)N)cc2)C2CCC(F)(F)C2)n1. The Labute approximate surface area is 171 Å². The number of amidine groups is 1. The van der Waals surface area contributed by atoms with E-state index in [2.05, 4.69) is 19.8 Å². The third-order valence-electron chi connectivity index (χ3n) is 4.78. The highest BCUT2D eigenvalue weighted by Crippen LogP contribution is 2.45. The van der Waals surface area contributed by atoms with Gasteiger partial charge in [-0.3, -0.25) is 4.79 Å². The number of hydrazine groups is 1. The fraction of sp³-hybridized carbons (Fsp3) is 0.444. The Morgan fingerprint density at radius 1 is 1.41 bits per heavy atom. The third kappa shape index (κ3) is 5.24. The first-order valence-corrected chi connectivity index (χ1v) is 9.84. The molecule has 0 saturated heterocycles. The summed E-state index contributed by atoms with van der Waals surface area (Å²) in [5, 5.41) is 8.08. The molecule has 0 spiro atoms. The van der Waals surface area contributed by atoms with Crippen molar-refractivity contribution in [3.63, 3.8) is 0 Å². The van der Waals surface area contributed by atoms with Crippen molar-refractivity contribution >= 4 is 28.4 Å². The molecule has 2 aromatic rings. The maximum absolute atomic E-state index is 13.9. The van der Waals surface area contributed by atoms with Crippen molar-refractivity contribution in [1.29, 1.82) is 0 Å². The van der Waals surface area contributed by atoms with Gasteiger partial charge < -0.3 is 11.1 Å². The van der Waals surface area contributed by atoms with E-state index in [1.54, 1.807) is 31.2 Å². The van der Waals surface area contributed by atoms with Crippen molar-refractivity contribution in [2.24, 2.45) is 22.6 Å². The largest absolute Gasteiger partial charge is 0.382 e. The molecular weight excluding hydrogens is 400 g/mol. The van der Waals surface area contributed by atoms with Crippen molar-refractivity contribution in [3.05, 3.63) is 41.2 Å². The van der Waals surface area contributed by atoms with Crippen LogP contribution in [-0.4, -0.2) is 39.2 Å². The van der Waals surface area contributed by atoms with Crippen molar-refractivity contribution in [2.75, 3.05) is 12.4 Å². The highest BCUT2D eigenvalue weighted by molar-refractivity contribution is 7.09. The number of nitrogens with two attached hydrogens (primary N) is 2. The predicted octanol–water partition coefficient (Wildman–Crippen LogP) is 2.43. The Kier molecular flexibility index (Phi) is 6.08. The molecule has 5 N–H and O–H groups in total. The molecule has 8 nitrogen and oxygen atoms in total. The average Bonchev–Trinajstić information content (AvgIpc) is 3.20. The minimum atomic E-state index is -2.76. The molecule has 1 aliphatic carbocycles. The zero-order chi connectivity index (χ0) is 21.2. The molecule has 156 valence electrons. The fourth-order valence-corrected chi connectivity index (χ4v) is 4.10. The summed E-state index contributed by atoms with van der Waals surface area (Å²) in [5.41, 5.74) is 7.12. The number of rotatable bonds is 6. The second-order valence-corrected chi connectivity index (χ2v) is 7.91. The molecule has 1 aromatic carbocycles. The van der Waals surface area contributed by atoms with E-state index in [-0.39, 0.29) is 31.0 Å².